The Bertz CT molecular complexity index is 924. The van der Waals surface area contributed by atoms with Crippen LogP contribution in [0.2, 0.25) is 0 Å². The first-order chi connectivity index (χ1) is 13.2. The van der Waals surface area contributed by atoms with E-state index < -0.39 is 22.0 Å². The Hall–Kier alpha value is -2.38. The van der Waals surface area contributed by atoms with Gasteiger partial charge in [0, 0.05) is 0 Å². The average Bonchev–Trinajstić information content (AvgIpc) is 2.66. The molecule has 6 nitrogen and oxygen atoms in total. The molecule has 2 rings (SSSR count). The van der Waals surface area contributed by atoms with Crippen molar-refractivity contribution < 1.29 is 17.9 Å². The van der Waals surface area contributed by atoms with Gasteiger partial charge < -0.3 is 10.1 Å². The van der Waals surface area contributed by atoms with Crippen molar-refractivity contribution in [3.8, 4) is 5.75 Å². The predicted molar refractivity (Wildman–Crippen MR) is 111 cm³/mol. The lowest BCUT2D eigenvalue weighted by Crippen LogP contribution is -2.47. The third-order valence-electron chi connectivity index (χ3n) is 4.72. The molecule has 7 heteroatoms. The first-order valence-electron chi connectivity index (χ1n) is 9.22. The minimum absolute atomic E-state index is 0.132. The summed E-state index contributed by atoms with van der Waals surface area (Å²) in [6.07, 6.45) is 0.638. The summed E-state index contributed by atoms with van der Waals surface area (Å²) in [4.78, 5) is 13.1. The summed E-state index contributed by atoms with van der Waals surface area (Å²) < 4.78 is 33.5. The van der Waals surface area contributed by atoms with E-state index in [1.54, 1.807) is 24.3 Å². The Morgan fingerprint density at radius 3 is 2.25 bits per heavy atom. The van der Waals surface area contributed by atoms with Gasteiger partial charge >= 0.3 is 0 Å². The van der Waals surface area contributed by atoms with E-state index in [0.29, 0.717) is 17.9 Å². The highest BCUT2D eigenvalue weighted by atomic mass is 32.2. The van der Waals surface area contributed by atoms with E-state index in [1.165, 1.54) is 19.2 Å². The van der Waals surface area contributed by atoms with E-state index in [-0.39, 0.29) is 10.8 Å². The van der Waals surface area contributed by atoms with Gasteiger partial charge in [-0.15, -0.1) is 0 Å². The van der Waals surface area contributed by atoms with Gasteiger partial charge in [0.1, 0.15) is 11.8 Å². The molecule has 28 heavy (non-hydrogen) atoms. The van der Waals surface area contributed by atoms with Crippen molar-refractivity contribution in [1.82, 2.24) is 4.72 Å². The monoisotopic (exact) mass is 404 g/mol. The maximum Gasteiger partial charge on any atom is 0.242 e. The van der Waals surface area contributed by atoms with E-state index in [2.05, 4.69) is 10.0 Å². The van der Waals surface area contributed by atoms with Crippen LogP contribution >= 0.6 is 0 Å². The zero-order valence-electron chi connectivity index (χ0n) is 16.9. The smallest absolute Gasteiger partial charge is 0.242 e. The number of carbonyl (C=O) groups excluding carboxylic acids is 1. The highest BCUT2D eigenvalue weighted by Crippen LogP contribution is 2.26. The lowest BCUT2D eigenvalue weighted by molar-refractivity contribution is -0.118. The largest absolute Gasteiger partial charge is 0.495 e. The van der Waals surface area contributed by atoms with Crippen LogP contribution in [0.1, 0.15) is 31.4 Å². The molecule has 2 aromatic carbocycles. The van der Waals surface area contributed by atoms with Crippen LogP contribution in [0, 0.1) is 19.8 Å². The fourth-order valence-electron chi connectivity index (χ4n) is 2.75. The summed E-state index contributed by atoms with van der Waals surface area (Å²) in [5.74, 6) is -0.104. The van der Waals surface area contributed by atoms with Gasteiger partial charge in [-0.2, -0.15) is 4.72 Å². The number of sulfonamides is 1. The van der Waals surface area contributed by atoms with E-state index in [0.717, 1.165) is 11.1 Å². The number of ether oxygens (including phenoxy) is 1. The number of methoxy groups -OCH3 is 1. The fraction of sp³-hybridized carbons (Fsp3) is 0.381. The van der Waals surface area contributed by atoms with Crippen molar-refractivity contribution in [3.63, 3.8) is 0 Å². The number of hydrogen-bond acceptors (Lipinski definition) is 4. The lowest BCUT2D eigenvalue weighted by atomic mass is 9.99. The summed E-state index contributed by atoms with van der Waals surface area (Å²) in [5.41, 5.74) is 2.42. The minimum Gasteiger partial charge on any atom is -0.495 e. The number of hydrogen-bond donors (Lipinski definition) is 2. The summed E-state index contributed by atoms with van der Waals surface area (Å²) in [6, 6.07) is 11.0. The molecule has 0 radical (unpaired) electrons. The molecule has 0 bridgehead atoms. The van der Waals surface area contributed by atoms with Gasteiger partial charge in [-0.25, -0.2) is 8.42 Å². The SMILES string of the molecule is CC[C@@H](C)[C@@H](NS(=O)(=O)c1ccc(C)cc1)C(=O)Nc1cc(C)ccc1OC. The Kier molecular flexibility index (Phi) is 7.21. The van der Waals surface area contributed by atoms with Gasteiger partial charge in [0.2, 0.25) is 15.9 Å². The van der Waals surface area contributed by atoms with Crippen molar-refractivity contribution in [2.75, 3.05) is 12.4 Å². The van der Waals surface area contributed by atoms with Crippen LogP contribution in [-0.2, 0) is 14.8 Å². The molecule has 0 saturated heterocycles. The summed E-state index contributed by atoms with van der Waals surface area (Å²) in [6.45, 7) is 7.55. The second-order valence-corrected chi connectivity index (χ2v) is 8.70. The van der Waals surface area contributed by atoms with E-state index in [1.807, 2.05) is 33.8 Å². The van der Waals surface area contributed by atoms with Crippen LogP contribution < -0.4 is 14.8 Å². The van der Waals surface area contributed by atoms with Gasteiger partial charge in [0.25, 0.3) is 0 Å². The molecule has 0 unspecified atom stereocenters. The predicted octanol–water partition coefficient (Wildman–Crippen LogP) is 3.64. The third-order valence-corrected chi connectivity index (χ3v) is 6.18. The van der Waals surface area contributed by atoms with Crippen LogP contribution in [0.25, 0.3) is 0 Å². The quantitative estimate of drug-likeness (QED) is 0.703. The van der Waals surface area contributed by atoms with Crippen molar-refractivity contribution in [3.05, 3.63) is 53.6 Å². The number of benzene rings is 2. The van der Waals surface area contributed by atoms with Crippen molar-refractivity contribution in [2.24, 2.45) is 5.92 Å². The summed E-state index contributed by atoms with van der Waals surface area (Å²) in [5, 5.41) is 2.81. The van der Waals surface area contributed by atoms with Crippen molar-refractivity contribution in [2.45, 2.75) is 45.1 Å². The lowest BCUT2D eigenvalue weighted by Gasteiger charge is -2.24. The van der Waals surface area contributed by atoms with Crippen LogP contribution in [0.3, 0.4) is 0 Å². The summed E-state index contributed by atoms with van der Waals surface area (Å²) >= 11 is 0. The Morgan fingerprint density at radius 2 is 1.68 bits per heavy atom. The fourth-order valence-corrected chi connectivity index (χ4v) is 4.05. The summed E-state index contributed by atoms with van der Waals surface area (Å²) in [7, 11) is -2.31. The molecule has 0 heterocycles. The molecule has 0 saturated carbocycles. The number of carbonyl (C=O) groups is 1. The van der Waals surface area contributed by atoms with Gasteiger partial charge in [0.05, 0.1) is 17.7 Å². The first-order valence-corrected chi connectivity index (χ1v) is 10.7. The van der Waals surface area contributed by atoms with Crippen molar-refractivity contribution >= 4 is 21.6 Å². The van der Waals surface area contributed by atoms with Gasteiger partial charge in [-0.05, 0) is 49.6 Å². The molecular weight excluding hydrogens is 376 g/mol. The molecule has 2 aromatic rings. The highest BCUT2D eigenvalue weighted by Gasteiger charge is 2.30. The van der Waals surface area contributed by atoms with Crippen LogP contribution in [0.5, 0.6) is 5.75 Å². The zero-order chi connectivity index (χ0) is 20.9. The molecule has 0 aliphatic carbocycles. The van der Waals surface area contributed by atoms with Gasteiger partial charge in [-0.3, -0.25) is 4.79 Å². The molecular formula is C21H28N2O4S. The van der Waals surface area contributed by atoms with Crippen LogP contribution in [0.15, 0.2) is 47.4 Å². The molecule has 0 fully saturated rings. The van der Waals surface area contributed by atoms with Gasteiger partial charge in [0.15, 0.2) is 0 Å². The Balaban J connectivity index is 2.29. The van der Waals surface area contributed by atoms with Crippen molar-refractivity contribution in [1.29, 1.82) is 0 Å². The number of rotatable bonds is 8. The molecule has 2 N–H and O–H groups in total. The van der Waals surface area contributed by atoms with E-state index in [4.69, 9.17) is 4.74 Å². The minimum atomic E-state index is -3.83. The van der Waals surface area contributed by atoms with Crippen LogP contribution in [0.4, 0.5) is 5.69 Å². The maximum absolute atomic E-state index is 13.0. The molecule has 0 aliphatic rings. The standard InChI is InChI=1S/C21H28N2O4S/c1-6-16(4)20(23-28(25,26)17-10-7-14(2)8-11-17)21(24)22-18-13-15(3)9-12-19(18)27-5/h7-13,16,20,23H,6H2,1-5H3,(H,22,24)/t16-,20-/m1/s1. The molecule has 2 atom stereocenters. The number of anilines is 1. The molecule has 152 valence electrons. The second kappa shape index (κ2) is 9.21. The number of amides is 1. The average molecular weight is 405 g/mol. The van der Waals surface area contributed by atoms with Crippen LogP contribution in [-0.4, -0.2) is 27.5 Å². The third kappa shape index (κ3) is 5.33. The molecule has 0 aromatic heterocycles. The molecule has 0 spiro atoms. The number of nitrogens with one attached hydrogen (secondary N) is 2. The Labute approximate surface area is 167 Å². The first kappa shape index (κ1) is 21.9. The maximum atomic E-state index is 13.0. The Morgan fingerprint density at radius 1 is 1.07 bits per heavy atom. The second-order valence-electron chi connectivity index (χ2n) is 6.99. The van der Waals surface area contributed by atoms with E-state index in [9.17, 15) is 13.2 Å². The molecule has 1 amide bonds. The molecule has 0 aliphatic heterocycles. The van der Waals surface area contributed by atoms with E-state index >= 15 is 0 Å². The number of aryl methyl sites for hydroxylation is 2. The topological polar surface area (TPSA) is 84.5 Å². The highest BCUT2D eigenvalue weighted by molar-refractivity contribution is 7.89. The normalized spacial score (nSPS) is 13.6. The zero-order valence-corrected chi connectivity index (χ0v) is 17.8. The van der Waals surface area contributed by atoms with Gasteiger partial charge in [-0.1, -0.05) is 44.0 Å².